The maximum absolute atomic E-state index is 13.8. The Morgan fingerprint density at radius 3 is 2.52 bits per heavy atom. The zero-order valence-corrected chi connectivity index (χ0v) is 20.0. The number of amides is 3. The van der Waals surface area contributed by atoms with E-state index >= 15 is 0 Å². The highest BCUT2D eigenvalue weighted by atomic mass is 32.2. The molecular formula is C26H29N3O3S. The lowest BCUT2D eigenvalue weighted by Gasteiger charge is -2.29. The Bertz CT molecular complexity index is 1140. The minimum absolute atomic E-state index is 0.151. The third kappa shape index (κ3) is 3.24. The van der Waals surface area contributed by atoms with Crippen molar-refractivity contribution in [1.29, 1.82) is 0 Å². The van der Waals surface area contributed by atoms with Crippen LogP contribution in [0.4, 0.5) is 5.69 Å². The van der Waals surface area contributed by atoms with E-state index in [9.17, 15) is 14.4 Å². The molecule has 5 rings (SSSR count). The van der Waals surface area contributed by atoms with Crippen LogP contribution in [-0.4, -0.2) is 47.2 Å². The van der Waals surface area contributed by atoms with Gasteiger partial charge in [-0.05, 0) is 55.4 Å². The summed E-state index contributed by atoms with van der Waals surface area (Å²) in [4.78, 5) is 42.3. The highest BCUT2D eigenvalue weighted by Gasteiger charge is 2.70. The Hall–Kier alpha value is -2.64. The second kappa shape index (κ2) is 8.29. The molecule has 172 valence electrons. The highest BCUT2D eigenvalue weighted by molar-refractivity contribution is 7.98. The number of nitrogens with zero attached hydrogens (tertiary/aromatic N) is 1. The monoisotopic (exact) mass is 463 g/mol. The third-order valence-corrected chi connectivity index (χ3v) is 8.26. The van der Waals surface area contributed by atoms with Gasteiger partial charge in [-0.2, -0.15) is 11.8 Å². The average Bonchev–Trinajstić information content (AvgIpc) is 3.39. The third-order valence-electron chi connectivity index (χ3n) is 7.61. The molecule has 3 aliphatic heterocycles. The van der Waals surface area contributed by atoms with Crippen molar-refractivity contribution < 1.29 is 14.4 Å². The van der Waals surface area contributed by atoms with Crippen LogP contribution in [0.15, 0.2) is 42.5 Å². The maximum Gasteiger partial charge on any atom is 0.250 e. The van der Waals surface area contributed by atoms with Crippen LogP contribution < -0.4 is 10.6 Å². The van der Waals surface area contributed by atoms with Gasteiger partial charge in [0.25, 0.3) is 0 Å². The zero-order valence-electron chi connectivity index (χ0n) is 19.2. The average molecular weight is 464 g/mol. The minimum Gasteiger partial charge on any atom is -0.324 e. The van der Waals surface area contributed by atoms with Gasteiger partial charge in [0.05, 0.1) is 11.8 Å². The SMILES string of the molecule is CSCC[C@H]1N[C@@]2(C(=O)Nc3c2ccc(C)c3C)[C@@H]2C(=O)N(CCc3ccccc3)C(=O)[C@@H]21. The van der Waals surface area contributed by atoms with Gasteiger partial charge >= 0.3 is 0 Å². The molecule has 2 aromatic rings. The van der Waals surface area contributed by atoms with Crippen LogP contribution in [-0.2, 0) is 26.3 Å². The van der Waals surface area contributed by atoms with Crippen molar-refractivity contribution in [3.63, 3.8) is 0 Å². The summed E-state index contributed by atoms with van der Waals surface area (Å²) in [6.45, 7) is 4.33. The molecule has 2 aromatic carbocycles. The summed E-state index contributed by atoms with van der Waals surface area (Å²) < 4.78 is 0. The van der Waals surface area contributed by atoms with Crippen LogP contribution in [0.3, 0.4) is 0 Å². The lowest BCUT2D eigenvalue weighted by molar-refractivity contribution is -0.142. The molecular weight excluding hydrogens is 434 g/mol. The fraction of sp³-hybridized carbons (Fsp3) is 0.423. The molecule has 6 nitrogen and oxygen atoms in total. The van der Waals surface area contributed by atoms with E-state index in [4.69, 9.17) is 0 Å². The van der Waals surface area contributed by atoms with E-state index in [-0.39, 0.29) is 23.8 Å². The van der Waals surface area contributed by atoms with Crippen LogP contribution in [0.5, 0.6) is 0 Å². The predicted octanol–water partition coefficient (Wildman–Crippen LogP) is 3.02. The molecule has 3 aliphatic rings. The molecule has 0 saturated carbocycles. The fourth-order valence-corrected chi connectivity index (χ4v) is 6.27. The number of hydrogen-bond donors (Lipinski definition) is 2. The van der Waals surface area contributed by atoms with Crippen molar-refractivity contribution in [2.24, 2.45) is 11.8 Å². The number of nitrogens with one attached hydrogen (secondary N) is 2. The number of fused-ring (bicyclic) bond motifs is 4. The van der Waals surface area contributed by atoms with E-state index in [2.05, 4.69) is 10.6 Å². The van der Waals surface area contributed by atoms with Gasteiger partial charge in [0.2, 0.25) is 17.7 Å². The highest BCUT2D eigenvalue weighted by Crippen LogP contribution is 2.54. The number of rotatable bonds is 6. The Kier molecular flexibility index (Phi) is 5.57. The fourth-order valence-electron chi connectivity index (χ4n) is 5.78. The molecule has 2 N–H and O–H groups in total. The number of anilines is 1. The number of carbonyl (C=O) groups is 3. The molecule has 0 unspecified atom stereocenters. The molecule has 2 saturated heterocycles. The van der Waals surface area contributed by atoms with E-state index < -0.39 is 17.4 Å². The Balaban J connectivity index is 1.54. The first-order chi connectivity index (χ1) is 15.9. The molecule has 0 aromatic heterocycles. The first-order valence-corrected chi connectivity index (χ1v) is 12.9. The van der Waals surface area contributed by atoms with Crippen LogP contribution in [0.1, 0.15) is 28.7 Å². The number of aryl methyl sites for hydroxylation is 1. The van der Waals surface area contributed by atoms with Crippen molar-refractivity contribution in [3.8, 4) is 0 Å². The van der Waals surface area contributed by atoms with Crippen LogP contribution in [0.25, 0.3) is 0 Å². The Morgan fingerprint density at radius 2 is 1.79 bits per heavy atom. The summed E-state index contributed by atoms with van der Waals surface area (Å²) in [5.41, 5.74) is 3.54. The molecule has 1 spiro atoms. The smallest absolute Gasteiger partial charge is 0.250 e. The minimum atomic E-state index is -1.20. The predicted molar refractivity (Wildman–Crippen MR) is 130 cm³/mol. The van der Waals surface area contributed by atoms with Gasteiger partial charge in [0.1, 0.15) is 5.54 Å². The Morgan fingerprint density at radius 1 is 1.03 bits per heavy atom. The quantitative estimate of drug-likeness (QED) is 0.644. The lowest BCUT2D eigenvalue weighted by Crippen LogP contribution is -2.53. The van der Waals surface area contributed by atoms with Gasteiger partial charge < -0.3 is 5.32 Å². The second-order valence-corrected chi connectivity index (χ2v) is 10.3. The van der Waals surface area contributed by atoms with Crippen molar-refractivity contribution in [2.75, 3.05) is 23.9 Å². The molecule has 0 radical (unpaired) electrons. The summed E-state index contributed by atoms with van der Waals surface area (Å²) in [7, 11) is 0. The summed E-state index contributed by atoms with van der Waals surface area (Å²) in [6.07, 6.45) is 3.36. The second-order valence-electron chi connectivity index (χ2n) is 9.29. The van der Waals surface area contributed by atoms with Crippen molar-refractivity contribution in [3.05, 3.63) is 64.7 Å². The molecule has 7 heteroatoms. The number of imide groups is 1. The largest absolute Gasteiger partial charge is 0.324 e. The van der Waals surface area contributed by atoms with E-state index in [1.54, 1.807) is 11.8 Å². The lowest BCUT2D eigenvalue weighted by atomic mass is 9.76. The van der Waals surface area contributed by atoms with Crippen molar-refractivity contribution >= 4 is 35.2 Å². The van der Waals surface area contributed by atoms with Gasteiger partial charge in [0, 0.05) is 23.8 Å². The Labute approximate surface area is 198 Å². The summed E-state index contributed by atoms with van der Waals surface area (Å²) >= 11 is 1.70. The standard InChI is InChI=1S/C26H29N3O3S/c1-15-9-10-18-22(16(15)2)27-25(32)26(18)21-20(19(28-26)12-14-33-3)23(30)29(24(21)31)13-11-17-7-5-4-6-8-17/h4-10,19-21,28H,11-14H2,1-3H3,(H,27,32)/t19-,20-,21+,26-/m1/s1. The summed E-state index contributed by atoms with van der Waals surface area (Å²) in [5, 5.41) is 6.57. The zero-order chi connectivity index (χ0) is 23.3. The molecule has 0 aliphatic carbocycles. The van der Waals surface area contributed by atoms with E-state index in [1.807, 2.05) is 62.6 Å². The first kappa shape index (κ1) is 22.2. The summed E-state index contributed by atoms with van der Waals surface area (Å²) in [6, 6.07) is 13.6. The van der Waals surface area contributed by atoms with E-state index in [0.717, 1.165) is 40.1 Å². The summed E-state index contributed by atoms with van der Waals surface area (Å²) in [5.74, 6) is -1.01. The van der Waals surface area contributed by atoms with Crippen molar-refractivity contribution in [2.45, 2.75) is 38.3 Å². The number of benzene rings is 2. The number of thioether (sulfide) groups is 1. The van der Waals surface area contributed by atoms with Crippen LogP contribution >= 0.6 is 11.8 Å². The van der Waals surface area contributed by atoms with E-state index in [1.165, 1.54) is 4.90 Å². The molecule has 3 amide bonds. The normalized spacial score (nSPS) is 27.9. The molecule has 2 fully saturated rings. The number of likely N-dealkylation sites (tertiary alicyclic amines) is 1. The van der Waals surface area contributed by atoms with Gasteiger partial charge in [-0.15, -0.1) is 0 Å². The maximum atomic E-state index is 13.8. The van der Waals surface area contributed by atoms with Crippen LogP contribution in [0.2, 0.25) is 0 Å². The molecule has 4 atom stereocenters. The van der Waals surface area contributed by atoms with Crippen molar-refractivity contribution in [1.82, 2.24) is 10.2 Å². The van der Waals surface area contributed by atoms with Gasteiger partial charge in [-0.25, -0.2) is 0 Å². The van der Waals surface area contributed by atoms with Gasteiger partial charge in [-0.3, -0.25) is 24.6 Å². The van der Waals surface area contributed by atoms with Gasteiger partial charge in [0.15, 0.2) is 0 Å². The van der Waals surface area contributed by atoms with E-state index in [0.29, 0.717) is 13.0 Å². The van der Waals surface area contributed by atoms with Gasteiger partial charge in [-0.1, -0.05) is 42.5 Å². The molecule has 0 bridgehead atoms. The van der Waals surface area contributed by atoms with Crippen LogP contribution in [0, 0.1) is 25.7 Å². The number of hydrogen-bond acceptors (Lipinski definition) is 5. The first-order valence-electron chi connectivity index (χ1n) is 11.5. The molecule has 3 heterocycles. The number of carbonyl (C=O) groups excluding carboxylic acids is 3. The molecule has 33 heavy (non-hydrogen) atoms. The topological polar surface area (TPSA) is 78.5 Å².